The van der Waals surface area contributed by atoms with Crippen molar-refractivity contribution in [3.8, 4) is 0 Å². The van der Waals surface area contributed by atoms with Gasteiger partial charge in [-0.15, -0.1) is 0 Å². The molecule has 0 atom stereocenters. The second kappa shape index (κ2) is 6.24. The molecule has 0 bridgehead atoms. The molecule has 27 heavy (non-hydrogen) atoms. The second-order valence-corrected chi connectivity index (χ2v) is 6.68. The fourth-order valence-electron chi connectivity index (χ4n) is 3.59. The van der Waals surface area contributed by atoms with Crippen LogP contribution in [0, 0.1) is 13.8 Å². The summed E-state index contributed by atoms with van der Waals surface area (Å²) >= 11 is 0. The lowest BCUT2D eigenvalue weighted by Gasteiger charge is -2.08. The van der Waals surface area contributed by atoms with Crippen LogP contribution in [0.1, 0.15) is 17.0 Å². The van der Waals surface area contributed by atoms with Gasteiger partial charge in [0.1, 0.15) is 0 Å². The molecule has 1 aromatic carbocycles. The van der Waals surface area contributed by atoms with Gasteiger partial charge >= 0.3 is 5.69 Å². The van der Waals surface area contributed by atoms with E-state index in [0.717, 1.165) is 17.0 Å². The molecule has 3 aromatic heterocycles. The Morgan fingerprint density at radius 1 is 1.04 bits per heavy atom. The van der Waals surface area contributed by atoms with Crippen molar-refractivity contribution in [1.29, 1.82) is 0 Å². The number of rotatable bonds is 4. The van der Waals surface area contributed by atoms with Gasteiger partial charge in [0.2, 0.25) is 5.78 Å². The third-order valence-corrected chi connectivity index (χ3v) is 5.14. The Labute approximate surface area is 154 Å². The van der Waals surface area contributed by atoms with Gasteiger partial charge in [-0.05, 0) is 19.4 Å². The number of aryl methyl sites for hydroxylation is 2. The molecular formula is C19H21N5O3. The molecule has 0 spiro atoms. The van der Waals surface area contributed by atoms with E-state index in [-0.39, 0.29) is 18.7 Å². The van der Waals surface area contributed by atoms with E-state index in [1.54, 1.807) is 11.4 Å². The minimum Gasteiger partial charge on any atom is -0.395 e. The smallest absolute Gasteiger partial charge is 0.332 e. The van der Waals surface area contributed by atoms with E-state index in [0.29, 0.717) is 23.5 Å². The maximum Gasteiger partial charge on any atom is 0.332 e. The van der Waals surface area contributed by atoms with Crippen molar-refractivity contribution in [2.45, 2.75) is 26.9 Å². The van der Waals surface area contributed by atoms with Crippen LogP contribution in [0.4, 0.5) is 0 Å². The van der Waals surface area contributed by atoms with Gasteiger partial charge in [0.25, 0.3) is 5.56 Å². The van der Waals surface area contributed by atoms with Gasteiger partial charge in [-0.1, -0.05) is 30.3 Å². The number of hydrogen-bond donors (Lipinski definition) is 1. The first-order valence-electron chi connectivity index (χ1n) is 8.78. The molecule has 0 unspecified atom stereocenters. The van der Waals surface area contributed by atoms with Gasteiger partial charge in [-0.2, -0.15) is 4.98 Å². The quantitative estimate of drug-likeness (QED) is 0.578. The van der Waals surface area contributed by atoms with Crippen LogP contribution in [0.25, 0.3) is 16.9 Å². The SMILES string of the molecule is Cc1c(C)n2c3c(=O)n(Cc4ccccc4)c(=O)n(C)c3nc2n1CCO. The van der Waals surface area contributed by atoms with Gasteiger partial charge in [0, 0.05) is 25.0 Å². The van der Waals surface area contributed by atoms with E-state index >= 15 is 0 Å². The molecular weight excluding hydrogens is 346 g/mol. The van der Waals surface area contributed by atoms with Crippen LogP contribution in [0.5, 0.6) is 0 Å². The number of nitrogens with zero attached hydrogens (tertiary/aromatic N) is 5. The van der Waals surface area contributed by atoms with Crippen molar-refractivity contribution < 1.29 is 5.11 Å². The Morgan fingerprint density at radius 2 is 1.74 bits per heavy atom. The van der Waals surface area contributed by atoms with Crippen LogP contribution in [0.2, 0.25) is 0 Å². The van der Waals surface area contributed by atoms with Gasteiger partial charge in [0.05, 0.1) is 13.2 Å². The summed E-state index contributed by atoms with van der Waals surface area (Å²) in [5.41, 5.74) is 2.62. The minimum atomic E-state index is -0.403. The number of benzene rings is 1. The van der Waals surface area contributed by atoms with Crippen LogP contribution in [0.3, 0.4) is 0 Å². The van der Waals surface area contributed by atoms with E-state index < -0.39 is 5.69 Å². The highest BCUT2D eigenvalue weighted by Gasteiger charge is 2.22. The zero-order valence-corrected chi connectivity index (χ0v) is 15.5. The van der Waals surface area contributed by atoms with Gasteiger partial charge in [-0.25, -0.2) is 4.79 Å². The Bertz CT molecular complexity index is 1270. The molecule has 4 rings (SSSR count). The van der Waals surface area contributed by atoms with Crippen LogP contribution in [0.15, 0.2) is 39.9 Å². The van der Waals surface area contributed by atoms with Crippen molar-refractivity contribution in [2.24, 2.45) is 7.05 Å². The van der Waals surface area contributed by atoms with Crippen molar-refractivity contribution in [1.82, 2.24) is 23.1 Å². The van der Waals surface area contributed by atoms with E-state index in [4.69, 9.17) is 0 Å². The number of hydrogen-bond acceptors (Lipinski definition) is 4. The summed E-state index contributed by atoms with van der Waals surface area (Å²) in [5, 5.41) is 9.37. The molecule has 0 saturated carbocycles. The summed E-state index contributed by atoms with van der Waals surface area (Å²) < 4.78 is 6.29. The predicted octanol–water partition coefficient (Wildman–Crippen LogP) is 0.807. The summed E-state index contributed by atoms with van der Waals surface area (Å²) in [7, 11) is 1.62. The van der Waals surface area contributed by atoms with Gasteiger partial charge in [0.15, 0.2) is 11.2 Å². The minimum absolute atomic E-state index is 0.0367. The molecule has 0 radical (unpaired) electrons. The highest BCUT2D eigenvalue weighted by atomic mass is 16.3. The lowest BCUT2D eigenvalue weighted by molar-refractivity contribution is 0.276. The number of aromatic nitrogens is 5. The molecule has 4 aromatic rings. The average Bonchev–Trinajstić information content (AvgIpc) is 3.16. The normalized spacial score (nSPS) is 11.7. The molecule has 0 fully saturated rings. The first kappa shape index (κ1) is 17.3. The first-order valence-corrected chi connectivity index (χ1v) is 8.78. The van der Waals surface area contributed by atoms with E-state index in [1.807, 2.05) is 48.7 Å². The lowest BCUT2D eigenvalue weighted by atomic mass is 10.2. The van der Waals surface area contributed by atoms with Crippen LogP contribution in [-0.4, -0.2) is 34.8 Å². The van der Waals surface area contributed by atoms with Crippen molar-refractivity contribution in [2.75, 3.05) is 6.61 Å². The standard InChI is InChI=1S/C19H21N5O3/c1-12-13(2)24-15-16(20-18(24)22(12)9-10-25)21(3)19(27)23(17(15)26)11-14-7-5-4-6-8-14/h4-8,25H,9-11H2,1-3H3. The second-order valence-electron chi connectivity index (χ2n) is 6.68. The molecule has 8 nitrogen and oxygen atoms in total. The number of aliphatic hydroxyl groups is 1. The molecule has 8 heteroatoms. The van der Waals surface area contributed by atoms with Crippen LogP contribution >= 0.6 is 0 Å². The third-order valence-electron chi connectivity index (χ3n) is 5.14. The molecule has 140 valence electrons. The summed E-state index contributed by atoms with van der Waals surface area (Å²) in [6, 6.07) is 9.42. The van der Waals surface area contributed by atoms with Crippen molar-refractivity contribution in [3.05, 3.63) is 68.1 Å². The van der Waals surface area contributed by atoms with Crippen molar-refractivity contribution >= 4 is 16.9 Å². The summed E-state index contributed by atoms with van der Waals surface area (Å²) in [5.74, 6) is 0.554. The topological polar surface area (TPSA) is 86.5 Å². The highest BCUT2D eigenvalue weighted by molar-refractivity contribution is 5.76. The Hall–Kier alpha value is -3.13. The number of imidazole rings is 2. The number of aliphatic hydroxyl groups excluding tert-OH is 1. The summed E-state index contributed by atoms with van der Waals surface area (Å²) in [6.07, 6.45) is 0. The largest absolute Gasteiger partial charge is 0.395 e. The summed E-state index contributed by atoms with van der Waals surface area (Å²) in [6.45, 7) is 4.37. The van der Waals surface area contributed by atoms with E-state index in [2.05, 4.69) is 4.98 Å². The zero-order valence-electron chi connectivity index (χ0n) is 15.5. The average molecular weight is 367 g/mol. The Morgan fingerprint density at radius 3 is 2.41 bits per heavy atom. The highest BCUT2D eigenvalue weighted by Crippen LogP contribution is 2.20. The van der Waals surface area contributed by atoms with Crippen molar-refractivity contribution in [3.63, 3.8) is 0 Å². The number of fused-ring (bicyclic) bond motifs is 3. The predicted molar refractivity (Wildman–Crippen MR) is 102 cm³/mol. The Balaban J connectivity index is 2.08. The monoisotopic (exact) mass is 367 g/mol. The molecule has 3 heterocycles. The molecule has 0 amide bonds. The zero-order chi connectivity index (χ0) is 19.3. The third kappa shape index (κ3) is 2.44. The molecule has 0 aliphatic carbocycles. The molecule has 1 N–H and O–H groups in total. The molecule has 0 saturated heterocycles. The van der Waals surface area contributed by atoms with E-state index in [1.165, 1.54) is 9.13 Å². The molecule has 0 aliphatic rings. The van der Waals surface area contributed by atoms with Crippen LogP contribution in [-0.2, 0) is 20.1 Å². The van der Waals surface area contributed by atoms with Gasteiger partial charge in [-0.3, -0.25) is 18.3 Å². The lowest BCUT2D eigenvalue weighted by Crippen LogP contribution is -2.39. The maximum absolute atomic E-state index is 13.2. The maximum atomic E-state index is 13.2. The Kier molecular flexibility index (Phi) is 4.00. The first-order chi connectivity index (χ1) is 13.0. The van der Waals surface area contributed by atoms with Crippen LogP contribution < -0.4 is 11.2 Å². The van der Waals surface area contributed by atoms with Gasteiger partial charge < -0.3 is 9.67 Å². The fourth-order valence-corrected chi connectivity index (χ4v) is 3.59. The molecule has 0 aliphatic heterocycles. The van der Waals surface area contributed by atoms with E-state index in [9.17, 15) is 14.7 Å². The fraction of sp³-hybridized carbons (Fsp3) is 0.316. The summed E-state index contributed by atoms with van der Waals surface area (Å²) in [4.78, 5) is 30.6.